The number of carbonyl (C=O) groups is 1. The minimum atomic E-state index is -0.550. The number of carbonyl (C=O) groups excluding carboxylic acids is 1. The number of amides is 1. The highest BCUT2D eigenvalue weighted by atomic mass is 35.5. The quantitative estimate of drug-likeness (QED) is 0.191. The summed E-state index contributed by atoms with van der Waals surface area (Å²) in [6, 6.07) is 10.2. The second-order valence-electron chi connectivity index (χ2n) is 8.81. The molecule has 0 aliphatic carbocycles. The van der Waals surface area contributed by atoms with E-state index in [0.717, 1.165) is 47.9 Å². The first-order chi connectivity index (χ1) is 18.5. The molecular formula is C26H32ClN6O5+. The van der Waals surface area contributed by atoms with Crippen molar-refractivity contribution >= 4 is 29.5 Å². The summed E-state index contributed by atoms with van der Waals surface area (Å²) < 4.78 is 21.3. The Bertz CT molecular complexity index is 1300. The number of hydrogen-bond acceptors (Lipinski definition) is 9. The van der Waals surface area contributed by atoms with Crippen LogP contribution in [0.3, 0.4) is 0 Å². The van der Waals surface area contributed by atoms with Crippen LogP contribution in [-0.4, -0.2) is 62.7 Å². The van der Waals surface area contributed by atoms with Crippen molar-refractivity contribution in [2.24, 2.45) is 5.10 Å². The first-order valence-electron chi connectivity index (χ1n) is 12.2. The average Bonchev–Trinajstić information content (AvgIpc) is 3.41. The third kappa shape index (κ3) is 6.00. The Kier molecular flexibility index (Phi) is 9.03. The van der Waals surface area contributed by atoms with E-state index in [2.05, 4.69) is 49.8 Å². The normalized spacial score (nSPS) is 16.7. The molecule has 2 heterocycles. The Morgan fingerprint density at radius 3 is 2.66 bits per heavy atom. The van der Waals surface area contributed by atoms with Crippen LogP contribution in [0.15, 0.2) is 40.1 Å². The average molecular weight is 544 g/mol. The zero-order chi connectivity index (χ0) is 27.1. The third-order valence-electron chi connectivity index (χ3n) is 6.63. The molecule has 0 bridgehead atoms. The molecule has 0 fully saturated rings. The molecule has 11 nitrogen and oxygen atoms in total. The second kappa shape index (κ2) is 12.6. The van der Waals surface area contributed by atoms with Gasteiger partial charge in [-0.1, -0.05) is 0 Å². The van der Waals surface area contributed by atoms with Gasteiger partial charge < -0.3 is 24.4 Å². The van der Waals surface area contributed by atoms with Gasteiger partial charge in [-0.2, -0.15) is 5.10 Å². The maximum absolute atomic E-state index is 12.4. The van der Waals surface area contributed by atoms with Crippen molar-refractivity contribution in [3.8, 4) is 17.2 Å². The lowest BCUT2D eigenvalue weighted by atomic mass is 9.92. The van der Waals surface area contributed by atoms with Gasteiger partial charge in [0.15, 0.2) is 11.5 Å². The minimum Gasteiger partial charge on any atom is -0.496 e. The van der Waals surface area contributed by atoms with Gasteiger partial charge in [-0.3, -0.25) is 4.79 Å². The Hall–Kier alpha value is -3.83. The molecule has 3 N–H and O–H groups in total. The largest absolute Gasteiger partial charge is 0.496 e. The molecule has 2 aromatic carbocycles. The molecule has 4 rings (SSSR count). The Morgan fingerprint density at radius 2 is 1.92 bits per heavy atom. The van der Waals surface area contributed by atoms with Crippen molar-refractivity contribution in [3.05, 3.63) is 58.3 Å². The van der Waals surface area contributed by atoms with Crippen molar-refractivity contribution in [1.82, 2.24) is 15.7 Å². The number of nitrogens with zero attached hydrogens (tertiary/aromatic N) is 3. The van der Waals surface area contributed by atoms with E-state index in [1.807, 2.05) is 18.2 Å². The highest BCUT2D eigenvalue weighted by Gasteiger charge is 2.30. The number of aromatic nitrogens is 2. The summed E-state index contributed by atoms with van der Waals surface area (Å²) in [6.45, 7) is 4.36. The molecular weight excluding hydrogens is 512 g/mol. The fourth-order valence-electron chi connectivity index (χ4n) is 4.63. The van der Waals surface area contributed by atoms with Crippen LogP contribution in [0.4, 0.5) is 5.82 Å². The zero-order valence-electron chi connectivity index (χ0n) is 21.8. The number of rotatable bonds is 11. The summed E-state index contributed by atoms with van der Waals surface area (Å²) in [5, 5.41) is 14.2. The molecule has 0 saturated heterocycles. The van der Waals surface area contributed by atoms with Gasteiger partial charge in [-0.15, -0.1) is 11.6 Å². The van der Waals surface area contributed by atoms with Crippen molar-refractivity contribution in [3.63, 3.8) is 0 Å². The van der Waals surface area contributed by atoms with Crippen LogP contribution in [0.5, 0.6) is 17.2 Å². The number of alkyl halides is 1. The lowest BCUT2D eigenvalue weighted by molar-refractivity contribution is -0.945. The Morgan fingerprint density at radius 1 is 1.16 bits per heavy atom. The van der Waals surface area contributed by atoms with Gasteiger partial charge in [-0.25, -0.2) is 10.1 Å². The molecule has 1 aliphatic rings. The number of hydrazone groups is 1. The van der Waals surface area contributed by atoms with E-state index in [-0.39, 0.29) is 17.6 Å². The number of anilines is 1. The molecule has 0 saturated carbocycles. The van der Waals surface area contributed by atoms with Crippen LogP contribution in [0.2, 0.25) is 0 Å². The number of halogens is 1. The fraction of sp³-hybridized carbons (Fsp3) is 0.385. The molecule has 38 heavy (non-hydrogen) atoms. The number of nitrogens with one attached hydrogen (secondary N) is 3. The van der Waals surface area contributed by atoms with E-state index in [1.165, 1.54) is 16.0 Å². The van der Waals surface area contributed by atoms with Crippen LogP contribution < -0.4 is 29.9 Å². The maximum Gasteiger partial charge on any atom is 0.297 e. The number of quaternary nitrogens is 1. The molecule has 3 aromatic rings. The van der Waals surface area contributed by atoms with E-state index in [0.29, 0.717) is 12.4 Å². The predicted octanol–water partition coefficient (Wildman–Crippen LogP) is 2.21. The van der Waals surface area contributed by atoms with Crippen LogP contribution in [0, 0.1) is 0 Å². The lowest BCUT2D eigenvalue weighted by Gasteiger charge is -2.33. The highest BCUT2D eigenvalue weighted by Crippen LogP contribution is 2.34. The van der Waals surface area contributed by atoms with Crippen LogP contribution in [0.1, 0.15) is 45.7 Å². The van der Waals surface area contributed by atoms with Crippen molar-refractivity contribution in [2.75, 3.05) is 45.6 Å². The smallest absolute Gasteiger partial charge is 0.297 e. The summed E-state index contributed by atoms with van der Waals surface area (Å²) in [5.41, 5.74) is 6.85. The van der Waals surface area contributed by atoms with E-state index in [9.17, 15) is 4.79 Å². The molecule has 202 valence electrons. The minimum absolute atomic E-state index is 0.0000885. The Labute approximate surface area is 226 Å². The fourth-order valence-corrected chi connectivity index (χ4v) is 4.72. The number of ether oxygens (including phenoxy) is 3. The molecule has 0 radical (unpaired) electrons. The van der Waals surface area contributed by atoms with Crippen LogP contribution in [0.25, 0.3) is 0 Å². The lowest BCUT2D eigenvalue weighted by Crippen LogP contribution is -3.11. The first kappa shape index (κ1) is 27.2. The summed E-state index contributed by atoms with van der Waals surface area (Å²) in [6.07, 6.45) is 2.51. The van der Waals surface area contributed by atoms with E-state index in [4.69, 9.17) is 25.8 Å². The van der Waals surface area contributed by atoms with Gasteiger partial charge in [0.25, 0.3) is 5.91 Å². The number of benzene rings is 2. The third-order valence-corrected chi connectivity index (χ3v) is 6.82. The van der Waals surface area contributed by atoms with Gasteiger partial charge in [0.1, 0.15) is 18.3 Å². The van der Waals surface area contributed by atoms with Gasteiger partial charge in [-0.05, 0) is 58.7 Å². The number of hydrogen-bond donors (Lipinski definition) is 3. The molecule has 0 spiro atoms. The molecule has 1 aliphatic heterocycles. The topological polar surface area (TPSA) is 125 Å². The predicted molar refractivity (Wildman–Crippen MR) is 143 cm³/mol. The van der Waals surface area contributed by atoms with E-state index >= 15 is 0 Å². The molecule has 2 atom stereocenters. The van der Waals surface area contributed by atoms with Crippen molar-refractivity contribution in [1.29, 1.82) is 0 Å². The van der Waals surface area contributed by atoms with Gasteiger partial charge in [0, 0.05) is 30.0 Å². The monoisotopic (exact) mass is 543 g/mol. The number of methoxy groups -OCH3 is 3. The summed E-state index contributed by atoms with van der Waals surface area (Å²) in [4.78, 5) is 13.8. The maximum atomic E-state index is 12.4. The number of fused-ring (bicyclic) bond motifs is 1. The highest BCUT2D eigenvalue weighted by molar-refractivity contribution is 6.18. The van der Waals surface area contributed by atoms with Crippen LogP contribution in [-0.2, 0) is 13.0 Å². The first-order valence-corrected chi connectivity index (χ1v) is 12.7. The van der Waals surface area contributed by atoms with Gasteiger partial charge in [0.05, 0.1) is 34.1 Å². The SMILES string of the molecule is COc1ccc(C=NNC(=O)c2nonc2NCCCl)cc1C[NH+]1CCc2cc(OC)c(OC)cc2C1C. The summed E-state index contributed by atoms with van der Waals surface area (Å²) >= 11 is 5.67. The summed E-state index contributed by atoms with van der Waals surface area (Å²) in [7, 11) is 4.98. The molecule has 1 aromatic heterocycles. The van der Waals surface area contributed by atoms with Gasteiger partial charge in [0.2, 0.25) is 11.5 Å². The van der Waals surface area contributed by atoms with E-state index < -0.39 is 5.91 Å². The zero-order valence-corrected chi connectivity index (χ0v) is 22.6. The van der Waals surface area contributed by atoms with Crippen molar-refractivity contribution < 1.29 is 28.5 Å². The molecule has 1 amide bonds. The van der Waals surface area contributed by atoms with Gasteiger partial charge >= 0.3 is 0 Å². The molecule has 12 heteroatoms. The van der Waals surface area contributed by atoms with Crippen molar-refractivity contribution in [2.45, 2.75) is 25.9 Å². The van der Waals surface area contributed by atoms with Crippen LogP contribution >= 0.6 is 11.6 Å². The summed E-state index contributed by atoms with van der Waals surface area (Å²) in [5.74, 6) is 2.30. The molecule has 2 unspecified atom stereocenters. The second-order valence-corrected chi connectivity index (χ2v) is 9.19. The Balaban J connectivity index is 1.47. The van der Waals surface area contributed by atoms with E-state index in [1.54, 1.807) is 27.5 Å². The standard InChI is InChI=1S/C26H31ClN6O5/c1-16-20-13-23(37-4)22(36-3)12-18(20)7-10-33(16)15-19-11-17(5-6-21(19)35-2)14-29-30-26(34)24-25(28-9-8-27)32-38-31-24/h5-6,11-14,16H,7-10,15H2,1-4H3,(H,28,32)(H,30,34)/p+1.